The van der Waals surface area contributed by atoms with Gasteiger partial charge in [-0.2, -0.15) is 0 Å². The third kappa shape index (κ3) is 4.48. The highest BCUT2D eigenvalue weighted by atomic mass is 32.1. The summed E-state index contributed by atoms with van der Waals surface area (Å²) in [5.74, 6) is 2.67. The fraction of sp³-hybridized carbons (Fsp3) is 0.550. The maximum Gasteiger partial charge on any atom is 0.194 e. The molecule has 2 aliphatic rings. The van der Waals surface area contributed by atoms with Gasteiger partial charge in [-0.15, -0.1) is 11.3 Å². The molecule has 2 fully saturated rings. The Kier molecular flexibility index (Phi) is 5.92. The molecule has 5 nitrogen and oxygen atoms in total. The number of ether oxygens (including phenoxy) is 1. The zero-order valence-corrected chi connectivity index (χ0v) is 15.9. The molecular formula is C20H27N3O2S. The fourth-order valence-corrected chi connectivity index (χ4v) is 4.48. The lowest BCUT2D eigenvalue weighted by atomic mass is 9.88. The standard InChI is InChI=1S/C20H27N3O2S/c1-4-16-15-23(10-8-19(16)25-12-1)20(22-14-18-6-3-13-26-18)21-9-7-17-5-2-11-24-17/h2-3,5-6,11,13,16,19H,1,4,7-10,12,14-15H2,(H,21,22). The largest absolute Gasteiger partial charge is 0.469 e. The SMILES string of the molecule is c1coc(CCNC(=NCc2cccs2)N2CCC3OCCCC3C2)c1. The number of rotatable bonds is 5. The van der Waals surface area contributed by atoms with Crippen LogP contribution in [0.4, 0.5) is 0 Å². The van der Waals surface area contributed by atoms with E-state index in [4.69, 9.17) is 14.1 Å². The second-order valence-corrected chi connectivity index (χ2v) is 8.05. The van der Waals surface area contributed by atoms with Crippen molar-refractivity contribution in [3.8, 4) is 0 Å². The second-order valence-electron chi connectivity index (χ2n) is 7.02. The van der Waals surface area contributed by atoms with Gasteiger partial charge in [0, 0.05) is 43.5 Å². The van der Waals surface area contributed by atoms with Crippen LogP contribution in [0.25, 0.3) is 0 Å². The van der Waals surface area contributed by atoms with Crippen LogP contribution in [0.15, 0.2) is 45.3 Å². The molecule has 0 aromatic carbocycles. The van der Waals surface area contributed by atoms with Gasteiger partial charge in [0.05, 0.1) is 18.9 Å². The van der Waals surface area contributed by atoms with E-state index in [-0.39, 0.29) is 0 Å². The van der Waals surface area contributed by atoms with Crippen molar-refractivity contribution < 1.29 is 9.15 Å². The maximum absolute atomic E-state index is 5.96. The smallest absolute Gasteiger partial charge is 0.194 e. The van der Waals surface area contributed by atoms with Gasteiger partial charge in [0.1, 0.15) is 5.76 Å². The molecular weight excluding hydrogens is 346 g/mol. The van der Waals surface area contributed by atoms with Crippen LogP contribution in [-0.4, -0.2) is 43.2 Å². The van der Waals surface area contributed by atoms with Crippen molar-refractivity contribution in [1.29, 1.82) is 0 Å². The van der Waals surface area contributed by atoms with Gasteiger partial charge in [-0.05, 0) is 42.8 Å². The zero-order valence-electron chi connectivity index (χ0n) is 15.1. The molecule has 2 saturated heterocycles. The number of hydrogen-bond acceptors (Lipinski definition) is 4. The van der Waals surface area contributed by atoms with E-state index in [1.165, 1.54) is 17.7 Å². The maximum atomic E-state index is 5.96. The van der Waals surface area contributed by atoms with Crippen molar-refractivity contribution in [2.24, 2.45) is 10.9 Å². The van der Waals surface area contributed by atoms with Gasteiger partial charge in [0.15, 0.2) is 5.96 Å². The molecule has 140 valence electrons. The van der Waals surface area contributed by atoms with Crippen LogP contribution in [0.3, 0.4) is 0 Å². The van der Waals surface area contributed by atoms with Crippen molar-refractivity contribution >= 4 is 17.3 Å². The van der Waals surface area contributed by atoms with Gasteiger partial charge in [0.2, 0.25) is 0 Å². The number of guanidine groups is 1. The first-order valence-electron chi connectivity index (χ1n) is 9.58. The van der Waals surface area contributed by atoms with Gasteiger partial charge in [0.25, 0.3) is 0 Å². The summed E-state index contributed by atoms with van der Waals surface area (Å²) in [5.41, 5.74) is 0. The van der Waals surface area contributed by atoms with Crippen molar-refractivity contribution in [2.75, 3.05) is 26.2 Å². The fourth-order valence-electron chi connectivity index (χ4n) is 3.86. The molecule has 4 heterocycles. The van der Waals surface area contributed by atoms with Crippen molar-refractivity contribution in [3.05, 3.63) is 46.5 Å². The summed E-state index contributed by atoms with van der Waals surface area (Å²) in [6.07, 6.45) is 6.60. The first-order chi connectivity index (χ1) is 12.9. The van der Waals surface area contributed by atoms with E-state index in [9.17, 15) is 0 Å². The lowest BCUT2D eigenvalue weighted by Crippen LogP contribution is -2.52. The molecule has 2 aromatic heterocycles. The number of likely N-dealkylation sites (tertiary alicyclic amines) is 1. The Morgan fingerprint density at radius 2 is 2.31 bits per heavy atom. The summed E-state index contributed by atoms with van der Waals surface area (Å²) in [5, 5.41) is 5.68. The van der Waals surface area contributed by atoms with Gasteiger partial charge in [-0.25, -0.2) is 4.99 Å². The summed E-state index contributed by atoms with van der Waals surface area (Å²) in [7, 11) is 0. The van der Waals surface area contributed by atoms with Crippen molar-refractivity contribution in [1.82, 2.24) is 10.2 Å². The summed E-state index contributed by atoms with van der Waals surface area (Å²) in [6, 6.07) is 8.20. The molecule has 2 atom stereocenters. The van der Waals surface area contributed by atoms with Crippen LogP contribution in [0, 0.1) is 5.92 Å². The molecule has 0 amide bonds. The van der Waals surface area contributed by atoms with E-state index >= 15 is 0 Å². The monoisotopic (exact) mass is 373 g/mol. The Bertz CT molecular complexity index is 684. The molecule has 2 unspecified atom stereocenters. The van der Waals surface area contributed by atoms with Crippen LogP contribution in [0.1, 0.15) is 29.9 Å². The Hall–Kier alpha value is -1.79. The Morgan fingerprint density at radius 1 is 1.31 bits per heavy atom. The van der Waals surface area contributed by atoms with E-state index in [0.717, 1.165) is 57.3 Å². The highest BCUT2D eigenvalue weighted by Crippen LogP contribution is 2.28. The van der Waals surface area contributed by atoms with Crippen molar-refractivity contribution in [3.63, 3.8) is 0 Å². The number of furan rings is 1. The molecule has 1 N–H and O–H groups in total. The minimum absolute atomic E-state index is 0.446. The van der Waals surface area contributed by atoms with Crippen LogP contribution in [0.5, 0.6) is 0 Å². The Balaban J connectivity index is 1.40. The summed E-state index contributed by atoms with van der Waals surface area (Å²) < 4.78 is 11.4. The average Bonchev–Trinajstić information content (AvgIpc) is 3.38. The molecule has 4 rings (SSSR count). The summed E-state index contributed by atoms with van der Waals surface area (Å²) in [6.45, 7) is 4.56. The molecule has 2 aliphatic heterocycles. The number of fused-ring (bicyclic) bond motifs is 1. The molecule has 0 aliphatic carbocycles. The van der Waals surface area contributed by atoms with Crippen LogP contribution in [0.2, 0.25) is 0 Å². The van der Waals surface area contributed by atoms with Gasteiger partial charge in [-0.3, -0.25) is 0 Å². The number of nitrogens with zero attached hydrogens (tertiary/aromatic N) is 2. The molecule has 0 spiro atoms. The van der Waals surface area contributed by atoms with Crippen LogP contribution < -0.4 is 5.32 Å². The molecule has 6 heteroatoms. The van der Waals surface area contributed by atoms with Gasteiger partial charge in [-0.1, -0.05) is 6.07 Å². The number of piperidine rings is 1. The van der Waals surface area contributed by atoms with E-state index < -0.39 is 0 Å². The quantitative estimate of drug-likeness (QED) is 0.643. The molecule has 0 radical (unpaired) electrons. The third-order valence-electron chi connectivity index (χ3n) is 5.21. The minimum Gasteiger partial charge on any atom is -0.469 e. The number of hydrogen-bond donors (Lipinski definition) is 1. The predicted molar refractivity (Wildman–Crippen MR) is 105 cm³/mol. The predicted octanol–water partition coefficient (Wildman–Crippen LogP) is 3.53. The molecule has 0 saturated carbocycles. The van der Waals surface area contributed by atoms with Crippen LogP contribution >= 0.6 is 11.3 Å². The molecule has 2 aromatic rings. The number of thiophene rings is 1. The molecule has 0 bridgehead atoms. The van der Waals surface area contributed by atoms with Gasteiger partial charge >= 0.3 is 0 Å². The normalized spacial score (nSPS) is 23.7. The average molecular weight is 374 g/mol. The first kappa shape index (κ1) is 17.6. The highest BCUT2D eigenvalue weighted by Gasteiger charge is 2.33. The lowest BCUT2D eigenvalue weighted by Gasteiger charge is -2.42. The third-order valence-corrected chi connectivity index (χ3v) is 6.08. The van der Waals surface area contributed by atoms with E-state index in [1.807, 2.05) is 12.1 Å². The Morgan fingerprint density at radius 3 is 3.15 bits per heavy atom. The van der Waals surface area contributed by atoms with E-state index in [0.29, 0.717) is 12.0 Å². The number of aliphatic imine (C=N–C) groups is 1. The van der Waals surface area contributed by atoms with E-state index in [2.05, 4.69) is 27.7 Å². The van der Waals surface area contributed by atoms with Crippen molar-refractivity contribution in [2.45, 2.75) is 38.3 Å². The van der Waals surface area contributed by atoms with Gasteiger partial charge < -0.3 is 19.4 Å². The minimum atomic E-state index is 0.446. The zero-order chi connectivity index (χ0) is 17.6. The highest BCUT2D eigenvalue weighted by molar-refractivity contribution is 7.09. The lowest BCUT2D eigenvalue weighted by molar-refractivity contribution is -0.0559. The second kappa shape index (κ2) is 8.73. The Labute approximate surface area is 159 Å². The first-order valence-corrected chi connectivity index (χ1v) is 10.5. The molecule has 26 heavy (non-hydrogen) atoms. The van der Waals surface area contributed by atoms with E-state index in [1.54, 1.807) is 17.6 Å². The van der Waals surface area contributed by atoms with Crippen LogP contribution in [-0.2, 0) is 17.7 Å². The number of nitrogens with one attached hydrogen (secondary N) is 1. The summed E-state index contributed by atoms with van der Waals surface area (Å²) in [4.78, 5) is 8.64. The summed E-state index contributed by atoms with van der Waals surface area (Å²) >= 11 is 1.76. The topological polar surface area (TPSA) is 50.0 Å².